The first-order valence-corrected chi connectivity index (χ1v) is 11.5. The van der Waals surface area contributed by atoms with Crippen LogP contribution < -0.4 is 0 Å². The third-order valence-electron chi connectivity index (χ3n) is 3.89. The zero-order valence-corrected chi connectivity index (χ0v) is 21.1. The molecular formula is C28H44N2. The minimum absolute atomic E-state index is 0.857. The molecule has 0 aliphatic heterocycles. The summed E-state index contributed by atoms with van der Waals surface area (Å²) in [5, 5.41) is 1.22. The van der Waals surface area contributed by atoms with Crippen molar-refractivity contribution in [2.24, 2.45) is 4.99 Å². The van der Waals surface area contributed by atoms with Gasteiger partial charge < -0.3 is 0 Å². The lowest BCUT2D eigenvalue weighted by molar-refractivity contribution is 1.12. The number of pyridine rings is 1. The first-order chi connectivity index (χ1) is 14.6. The number of aryl methyl sites for hydroxylation is 3. The van der Waals surface area contributed by atoms with E-state index in [4.69, 9.17) is 0 Å². The Morgan fingerprint density at radius 3 is 2.07 bits per heavy atom. The van der Waals surface area contributed by atoms with Crippen molar-refractivity contribution in [3.8, 4) is 0 Å². The Morgan fingerprint density at radius 1 is 0.833 bits per heavy atom. The van der Waals surface area contributed by atoms with Gasteiger partial charge >= 0.3 is 0 Å². The van der Waals surface area contributed by atoms with Crippen molar-refractivity contribution in [1.82, 2.24) is 4.98 Å². The highest BCUT2D eigenvalue weighted by atomic mass is 14.7. The third-order valence-corrected chi connectivity index (χ3v) is 3.89. The van der Waals surface area contributed by atoms with Crippen LogP contribution in [0.3, 0.4) is 0 Å². The molecule has 0 amide bonds. The van der Waals surface area contributed by atoms with E-state index < -0.39 is 0 Å². The van der Waals surface area contributed by atoms with E-state index in [1.54, 1.807) is 0 Å². The summed E-state index contributed by atoms with van der Waals surface area (Å²) in [7, 11) is 0. The molecule has 0 aliphatic rings. The Balaban J connectivity index is 0. The van der Waals surface area contributed by atoms with Gasteiger partial charge in [0.2, 0.25) is 0 Å². The molecule has 2 heteroatoms. The van der Waals surface area contributed by atoms with Crippen molar-refractivity contribution in [2.45, 2.75) is 75.7 Å². The normalized spacial score (nSPS) is 9.13. The molecule has 0 bridgehead atoms. The van der Waals surface area contributed by atoms with Crippen molar-refractivity contribution in [3.05, 3.63) is 77.0 Å². The van der Waals surface area contributed by atoms with Crippen LogP contribution in [-0.2, 0) is 6.42 Å². The highest BCUT2D eigenvalue weighted by Gasteiger charge is 1.96. The highest BCUT2D eigenvalue weighted by Crippen LogP contribution is 2.11. The Bertz CT molecular complexity index is 820. The number of hydrogen-bond donors (Lipinski definition) is 0. The number of benzene rings is 2. The molecule has 0 fully saturated rings. The monoisotopic (exact) mass is 408 g/mol. The first kappa shape index (κ1) is 29.7. The van der Waals surface area contributed by atoms with Gasteiger partial charge in [-0.2, -0.15) is 0 Å². The lowest BCUT2D eigenvalue weighted by Gasteiger charge is -2.02. The summed E-state index contributed by atoms with van der Waals surface area (Å²) in [6, 6.07) is 16.8. The Kier molecular flexibility index (Phi) is 19.6. The quantitative estimate of drug-likeness (QED) is 0.398. The average molecular weight is 409 g/mol. The molecule has 2 aromatic carbocycles. The van der Waals surface area contributed by atoms with Crippen molar-refractivity contribution < 1.29 is 0 Å². The standard InChI is InChI=1S/C12H17N.C10H9N.3C2H6/c1-4-11-7-6-10(3)12(8-11)9-13-5-2;1-8-6-9-4-2-3-5-10(9)11-7-8;3*1-2/h6-9H,4-5H2,1-3H3;2-7H,1H3;3*1-2H3. The number of rotatable bonds is 3. The summed E-state index contributed by atoms with van der Waals surface area (Å²) in [6.07, 6.45) is 4.95. The van der Waals surface area contributed by atoms with Gasteiger partial charge in [-0.15, -0.1) is 0 Å². The van der Waals surface area contributed by atoms with Crippen LogP contribution in [0.15, 0.2) is 59.7 Å². The van der Waals surface area contributed by atoms with Crippen LogP contribution in [-0.4, -0.2) is 17.7 Å². The Labute approximate surface area is 186 Å². The fourth-order valence-corrected chi connectivity index (χ4v) is 2.42. The van der Waals surface area contributed by atoms with E-state index >= 15 is 0 Å². The maximum Gasteiger partial charge on any atom is 0.0702 e. The summed E-state index contributed by atoms with van der Waals surface area (Å²) >= 11 is 0. The Hall–Kier alpha value is -2.48. The van der Waals surface area contributed by atoms with Gasteiger partial charge in [-0.3, -0.25) is 9.98 Å². The molecule has 0 unspecified atom stereocenters. The number of aliphatic imine (C=N–C) groups is 1. The molecule has 0 saturated heterocycles. The average Bonchev–Trinajstić information content (AvgIpc) is 2.83. The molecule has 0 atom stereocenters. The zero-order chi connectivity index (χ0) is 23.4. The molecule has 3 aromatic rings. The van der Waals surface area contributed by atoms with Crippen molar-refractivity contribution in [2.75, 3.05) is 6.54 Å². The van der Waals surface area contributed by atoms with Crippen LogP contribution >= 0.6 is 0 Å². The summed E-state index contributed by atoms with van der Waals surface area (Å²) in [5.41, 5.74) is 6.21. The molecule has 0 N–H and O–H groups in total. The SMILES string of the molecule is CC.CC.CC.CCN=Cc1cc(CC)ccc1C.Cc1cnc2ccccc2c1. The van der Waals surface area contributed by atoms with E-state index in [0.717, 1.165) is 18.5 Å². The molecule has 30 heavy (non-hydrogen) atoms. The van der Waals surface area contributed by atoms with Crippen LogP contribution in [0.5, 0.6) is 0 Å². The van der Waals surface area contributed by atoms with Crippen LogP contribution in [0.25, 0.3) is 10.9 Å². The fraction of sp³-hybridized carbons (Fsp3) is 0.429. The summed E-state index contributed by atoms with van der Waals surface area (Å²) in [6.45, 7) is 21.3. The first-order valence-electron chi connectivity index (χ1n) is 11.5. The van der Waals surface area contributed by atoms with Crippen LogP contribution in [0, 0.1) is 13.8 Å². The fourth-order valence-electron chi connectivity index (χ4n) is 2.42. The van der Waals surface area contributed by atoms with Gasteiger partial charge in [0, 0.05) is 24.3 Å². The van der Waals surface area contributed by atoms with Gasteiger partial charge in [0.15, 0.2) is 0 Å². The predicted octanol–water partition coefficient (Wildman–Crippen LogP) is 8.62. The maximum absolute atomic E-state index is 4.28. The van der Waals surface area contributed by atoms with Gasteiger partial charge in [-0.25, -0.2) is 0 Å². The molecule has 1 heterocycles. The molecule has 2 nitrogen and oxygen atoms in total. The summed E-state index contributed by atoms with van der Waals surface area (Å²) < 4.78 is 0. The Morgan fingerprint density at radius 2 is 1.47 bits per heavy atom. The predicted molar refractivity (Wildman–Crippen MR) is 139 cm³/mol. The summed E-state index contributed by atoms with van der Waals surface area (Å²) in [5.74, 6) is 0. The van der Waals surface area contributed by atoms with E-state index in [9.17, 15) is 0 Å². The maximum atomic E-state index is 4.28. The van der Waals surface area contributed by atoms with Crippen LogP contribution in [0.1, 0.15) is 77.6 Å². The van der Waals surface area contributed by atoms with E-state index in [1.165, 1.54) is 27.6 Å². The molecule has 0 aliphatic carbocycles. The molecule has 0 radical (unpaired) electrons. The smallest absolute Gasteiger partial charge is 0.0702 e. The van der Waals surface area contributed by atoms with Crippen LogP contribution in [0.2, 0.25) is 0 Å². The molecule has 1 aromatic heterocycles. The minimum atomic E-state index is 0.857. The van der Waals surface area contributed by atoms with Gasteiger partial charge in [0.25, 0.3) is 0 Å². The molecular weight excluding hydrogens is 364 g/mol. The second-order valence-electron chi connectivity index (χ2n) is 5.88. The molecule has 0 spiro atoms. The topological polar surface area (TPSA) is 25.2 Å². The largest absolute Gasteiger partial charge is 0.293 e. The summed E-state index contributed by atoms with van der Waals surface area (Å²) in [4.78, 5) is 8.53. The molecule has 166 valence electrons. The number of hydrogen-bond acceptors (Lipinski definition) is 2. The molecule has 3 rings (SSSR count). The van der Waals surface area contributed by atoms with E-state index in [0.29, 0.717) is 0 Å². The van der Waals surface area contributed by atoms with Crippen molar-refractivity contribution in [3.63, 3.8) is 0 Å². The second kappa shape index (κ2) is 19.8. The minimum Gasteiger partial charge on any atom is -0.293 e. The van der Waals surface area contributed by atoms with E-state index in [2.05, 4.69) is 68.0 Å². The lowest BCUT2D eigenvalue weighted by atomic mass is 10.0. The number of aromatic nitrogens is 1. The van der Waals surface area contributed by atoms with Gasteiger partial charge in [-0.05, 0) is 67.6 Å². The van der Waals surface area contributed by atoms with Crippen LogP contribution in [0.4, 0.5) is 0 Å². The zero-order valence-electron chi connectivity index (χ0n) is 21.1. The highest BCUT2D eigenvalue weighted by molar-refractivity contribution is 5.82. The van der Waals surface area contributed by atoms with Gasteiger partial charge in [0.1, 0.15) is 0 Å². The van der Waals surface area contributed by atoms with Gasteiger partial charge in [-0.1, -0.05) is 78.8 Å². The van der Waals surface area contributed by atoms with Gasteiger partial charge in [0.05, 0.1) is 5.52 Å². The van der Waals surface area contributed by atoms with Crippen molar-refractivity contribution in [1.29, 1.82) is 0 Å². The number of para-hydroxylation sites is 1. The second-order valence-corrected chi connectivity index (χ2v) is 5.88. The number of nitrogens with zero attached hydrogens (tertiary/aromatic N) is 2. The lowest BCUT2D eigenvalue weighted by Crippen LogP contribution is -1.90. The number of fused-ring (bicyclic) bond motifs is 1. The van der Waals surface area contributed by atoms with E-state index in [-0.39, 0.29) is 0 Å². The molecule has 0 saturated carbocycles. The van der Waals surface area contributed by atoms with E-state index in [1.807, 2.05) is 72.2 Å². The third kappa shape index (κ3) is 11.5. The van der Waals surface area contributed by atoms with Crippen molar-refractivity contribution >= 4 is 17.1 Å².